The van der Waals surface area contributed by atoms with E-state index < -0.39 is 5.54 Å². The molecule has 2 atom stereocenters. The summed E-state index contributed by atoms with van der Waals surface area (Å²) in [4.78, 5) is 12.6. The van der Waals surface area contributed by atoms with E-state index in [-0.39, 0.29) is 22.8 Å². The van der Waals surface area contributed by atoms with Crippen molar-refractivity contribution in [2.24, 2.45) is 11.1 Å². The molecule has 0 heterocycles. The molecule has 1 saturated carbocycles. The summed E-state index contributed by atoms with van der Waals surface area (Å²) < 4.78 is 5.69. The Morgan fingerprint density at radius 1 is 1.28 bits per heavy atom. The van der Waals surface area contributed by atoms with Gasteiger partial charge in [-0.3, -0.25) is 4.79 Å². The lowest BCUT2D eigenvalue weighted by atomic mass is 9.54. The maximum Gasteiger partial charge on any atom is 0.240 e. The Hall–Kier alpha value is -1.39. The fourth-order valence-electron chi connectivity index (χ4n) is 3.47. The van der Waals surface area contributed by atoms with Crippen LogP contribution in [0.2, 0.25) is 0 Å². The number of benzene rings is 1. The highest BCUT2D eigenvalue weighted by Gasteiger charge is 2.62. The molecule has 4 heteroatoms. The zero-order valence-corrected chi connectivity index (χ0v) is 16.6. The normalized spacial score (nSPS) is 25.3. The molecule has 0 aliphatic heterocycles. The van der Waals surface area contributed by atoms with Gasteiger partial charge in [0.05, 0.1) is 6.10 Å². The van der Waals surface area contributed by atoms with Crippen LogP contribution in [0.25, 0.3) is 0 Å². The number of amides is 1. The standard InChI is InChI=1S/C21H34N2O2/c1-7-25-17-14-21(22,20(17,5)6)18(24)23-13-12-15-8-10-16(11-9-15)19(2,3)4/h8-11,17H,7,12-14,22H2,1-6H3,(H,23,24). The van der Waals surface area contributed by atoms with Gasteiger partial charge in [-0.05, 0) is 29.9 Å². The van der Waals surface area contributed by atoms with E-state index in [1.807, 2.05) is 20.8 Å². The SMILES string of the molecule is CCOC1CC(N)(C(=O)NCCc2ccc(C(C)(C)C)cc2)C1(C)C. The Morgan fingerprint density at radius 3 is 2.36 bits per heavy atom. The first kappa shape index (κ1) is 19.9. The molecule has 0 bridgehead atoms. The molecule has 2 rings (SSSR count). The minimum absolute atomic E-state index is 0.0539. The first-order valence-corrected chi connectivity index (χ1v) is 9.30. The van der Waals surface area contributed by atoms with Crippen molar-refractivity contribution in [1.82, 2.24) is 5.32 Å². The van der Waals surface area contributed by atoms with Crippen LogP contribution in [0.3, 0.4) is 0 Å². The molecule has 1 aliphatic carbocycles. The van der Waals surface area contributed by atoms with Crippen molar-refractivity contribution < 1.29 is 9.53 Å². The van der Waals surface area contributed by atoms with Crippen molar-refractivity contribution in [1.29, 1.82) is 0 Å². The third-order valence-corrected chi connectivity index (χ3v) is 5.75. The Bertz CT molecular complexity index is 601. The molecule has 4 nitrogen and oxygen atoms in total. The first-order valence-electron chi connectivity index (χ1n) is 9.30. The number of nitrogens with two attached hydrogens (primary N) is 1. The molecular formula is C21H34N2O2. The number of hydrogen-bond acceptors (Lipinski definition) is 3. The van der Waals surface area contributed by atoms with Crippen LogP contribution in [0.4, 0.5) is 0 Å². The van der Waals surface area contributed by atoms with Gasteiger partial charge in [0.25, 0.3) is 0 Å². The van der Waals surface area contributed by atoms with Gasteiger partial charge in [0.1, 0.15) is 5.54 Å². The van der Waals surface area contributed by atoms with Gasteiger partial charge in [0.15, 0.2) is 0 Å². The molecule has 1 aliphatic rings. The lowest BCUT2D eigenvalue weighted by molar-refractivity contribution is -0.170. The van der Waals surface area contributed by atoms with Crippen LogP contribution in [0.1, 0.15) is 59.1 Å². The van der Waals surface area contributed by atoms with Gasteiger partial charge >= 0.3 is 0 Å². The van der Waals surface area contributed by atoms with Crippen LogP contribution in [0, 0.1) is 5.41 Å². The molecule has 0 aromatic heterocycles. The molecule has 0 radical (unpaired) electrons. The van der Waals surface area contributed by atoms with Crippen LogP contribution in [0.15, 0.2) is 24.3 Å². The lowest BCUT2D eigenvalue weighted by Gasteiger charge is -2.57. The molecule has 1 amide bonds. The monoisotopic (exact) mass is 346 g/mol. The molecule has 2 unspecified atom stereocenters. The van der Waals surface area contributed by atoms with E-state index >= 15 is 0 Å². The topological polar surface area (TPSA) is 64.3 Å². The molecule has 1 aromatic carbocycles. The molecule has 25 heavy (non-hydrogen) atoms. The Kier molecular flexibility index (Phi) is 5.65. The third-order valence-electron chi connectivity index (χ3n) is 5.75. The van der Waals surface area contributed by atoms with Gasteiger partial charge in [-0.2, -0.15) is 0 Å². The minimum Gasteiger partial charge on any atom is -0.378 e. The van der Waals surface area contributed by atoms with E-state index in [0.717, 1.165) is 6.42 Å². The number of carbonyl (C=O) groups excluding carboxylic acids is 1. The third kappa shape index (κ3) is 3.90. The number of carbonyl (C=O) groups is 1. The first-order chi connectivity index (χ1) is 11.5. The van der Waals surface area contributed by atoms with Crippen LogP contribution in [-0.4, -0.2) is 30.7 Å². The second-order valence-corrected chi connectivity index (χ2v) is 8.79. The summed E-state index contributed by atoms with van der Waals surface area (Å²) in [6.07, 6.45) is 1.44. The van der Waals surface area contributed by atoms with E-state index in [1.54, 1.807) is 0 Å². The highest BCUT2D eigenvalue weighted by atomic mass is 16.5. The van der Waals surface area contributed by atoms with Crippen LogP contribution < -0.4 is 11.1 Å². The molecule has 1 aromatic rings. The van der Waals surface area contributed by atoms with Gasteiger partial charge in [0.2, 0.25) is 5.91 Å². The second-order valence-electron chi connectivity index (χ2n) is 8.79. The van der Waals surface area contributed by atoms with Crippen LogP contribution in [0.5, 0.6) is 0 Å². The van der Waals surface area contributed by atoms with Gasteiger partial charge in [-0.25, -0.2) is 0 Å². The quantitative estimate of drug-likeness (QED) is 0.831. The fourth-order valence-corrected chi connectivity index (χ4v) is 3.47. The average Bonchev–Trinajstić information content (AvgIpc) is 2.54. The number of ether oxygens (including phenoxy) is 1. The summed E-state index contributed by atoms with van der Waals surface area (Å²) in [5.41, 5.74) is 7.91. The van der Waals surface area contributed by atoms with Gasteiger partial charge < -0.3 is 15.8 Å². The van der Waals surface area contributed by atoms with E-state index in [0.29, 0.717) is 19.6 Å². The molecule has 3 N–H and O–H groups in total. The highest BCUT2D eigenvalue weighted by molar-refractivity contribution is 5.88. The zero-order valence-electron chi connectivity index (χ0n) is 16.6. The summed E-state index contributed by atoms with van der Waals surface area (Å²) in [6.45, 7) is 13.9. The van der Waals surface area contributed by atoms with E-state index in [2.05, 4.69) is 50.4 Å². The fraction of sp³-hybridized carbons (Fsp3) is 0.667. The summed E-state index contributed by atoms with van der Waals surface area (Å²) in [5.74, 6) is -0.0697. The summed E-state index contributed by atoms with van der Waals surface area (Å²) in [7, 11) is 0. The van der Waals surface area contributed by atoms with Crippen molar-refractivity contribution >= 4 is 5.91 Å². The van der Waals surface area contributed by atoms with Crippen molar-refractivity contribution in [3.8, 4) is 0 Å². The number of hydrogen-bond donors (Lipinski definition) is 2. The Morgan fingerprint density at radius 2 is 1.88 bits per heavy atom. The zero-order chi connectivity index (χ0) is 18.9. The molecular weight excluding hydrogens is 312 g/mol. The Balaban J connectivity index is 1.87. The number of nitrogens with one attached hydrogen (secondary N) is 1. The van der Waals surface area contributed by atoms with Crippen molar-refractivity contribution in [2.45, 2.75) is 71.4 Å². The average molecular weight is 347 g/mol. The summed E-state index contributed by atoms with van der Waals surface area (Å²) in [5, 5.41) is 3.02. The van der Waals surface area contributed by atoms with Crippen molar-refractivity contribution in [3.05, 3.63) is 35.4 Å². The lowest BCUT2D eigenvalue weighted by Crippen LogP contribution is -2.75. The van der Waals surface area contributed by atoms with E-state index in [4.69, 9.17) is 10.5 Å². The highest BCUT2D eigenvalue weighted by Crippen LogP contribution is 2.49. The van der Waals surface area contributed by atoms with Crippen LogP contribution >= 0.6 is 0 Å². The predicted molar refractivity (Wildman–Crippen MR) is 103 cm³/mol. The number of rotatable bonds is 6. The largest absolute Gasteiger partial charge is 0.378 e. The Labute approximate surface area is 152 Å². The predicted octanol–water partition coefficient (Wildman–Crippen LogP) is 3.18. The van der Waals surface area contributed by atoms with E-state index in [9.17, 15) is 4.79 Å². The van der Waals surface area contributed by atoms with E-state index in [1.165, 1.54) is 11.1 Å². The summed E-state index contributed by atoms with van der Waals surface area (Å²) in [6, 6.07) is 8.62. The van der Waals surface area contributed by atoms with Crippen LogP contribution in [-0.2, 0) is 21.4 Å². The molecule has 1 fully saturated rings. The van der Waals surface area contributed by atoms with Gasteiger partial charge in [-0.15, -0.1) is 0 Å². The minimum atomic E-state index is -0.844. The van der Waals surface area contributed by atoms with Crippen molar-refractivity contribution in [3.63, 3.8) is 0 Å². The maximum atomic E-state index is 12.6. The molecule has 0 saturated heterocycles. The van der Waals surface area contributed by atoms with Gasteiger partial charge in [0, 0.05) is 25.0 Å². The maximum absolute atomic E-state index is 12.6. The van der Waals surface area contributed by atoms with Gasteiger partial charge in [-0.1, -0.05) is 58.9 Å². The molecule has 0 spiro atoms. The summed E-state index contributed by atoms with van der Waals surface area (Å²) >= 11 is 0. The smallest absolute Gasteiger partial charge is 0.240 e. The second kappa shape index (κ2) is 7.08. The van der Waals surface area contributed by atoms with Crippen molar-refractivity contribution in [2.75, 3.05) is 13.2 Å². The molecule has 140 valence electrons.